The summed E-state index contributed by atoms with van der Waals surface area (Å²) in [6, 6.07) is 5.48. The van der Waals surface area contributed by atoms with E-state index >= 15 is 0 Å². The lowest BCUT2D eigenvalue weighted by atomic mass is 9.99. The third kappa shape index (κ3) is 2.66. The van der Waals surface area contributed by atoms with Crippen LogP contribution < -0.4 is 0 Å². The number of benzene rings is 1. The van der Waals surface area contributed by atoms with Gasteiger partial charge in [0.25, 0.3) is 5.91 Å². The predicted octanol–water partition coefficient (Wildman–Crippen LogP) is 2.55. The highest BCUT2D eigenvalue weighted by Crippen LogP contribution is 2.27. The molecule has 0 spiro atoms. The summed E-state index contributed by atoms with van der Waals surface area (Å²) in [5.74, 6) is -1.38. The van der Waals surface area contributed by atoms with Gasteiger partial charge in [-0.15, -0.1) is 0 Å². The Bertz CT molecular complexity index is 529. The Morgan fingerprint density at radius 2 is 2.05 bits per heavy atom. The van der Waals surface area contributed by atoms with Crippen molar-refractivity contribution >= 4 is 27.8 Å². The van der Waals surface area contributed by atoms with E-state index in [1.165, 1.54) is 0 Å². The second-order valence-electron chi connectivity index (χ2n) is 5.04. The number of carboxylic acid groups (broad SMARTS) is 1. The van der Waals surface area contributed by atoms with Gasteiger partial charge in [0.05, 0.1) is 5.92 Å². The fourth-order valence-electron chi connectivity index (χ4n) is 2.46. The third-order valence-electron chi connectivity index (χ3n) is 3.71. The highest BCUT2D eigenvalue weighted by atomic mass is 79.9. The van der Waals surface area contributed by atoms with Crippen molar-refractivity contribution in [1.29, 1.82) is 0 Å². The van der Waals surface area contributed by atoms with Crippen molar-refractivity contribution in [2.75, 3.05) is 13.1 Å². The number of carbonyl (C=O) groups is 2. The van der Waals surface area contributed by atoms with E-state index in [1.807, 2.05) is 26.0 Å². The number of nitrogens with zero attached hydrogens (tertiary/aromatic N) is 1. The van der Waals surface area contributed by atoms with E-state index in [4.69, 9.17) is 5.11 Å². The summed E-state index contributed by atoms with van der Waals surface area (Å²) in [5.41, 5.74) is 1.52. The second kappa shape index (κ2) is 5.33. The van der Waals surface area contributed by atoms with Gasteiger partial charge >= 0.3 is 5.97 Å². The Labute approximate surface area is 120 Å². The Hall–Kier alpha value is -1.36. The smallest absolute Gasteiger partial charge is 0.308 e. The van der Waals surface area contributed by atoms with Crippen molar-refractivity contribution in [2.45, 2.75) is 13.8 Å². The first-order chi connectivity index (χ1) is 8.91. The lowest BCUT2D eigenvalue weighted by Crippen LogP contribution is -2.30. The maximum absolute atomic E-state index is 12.4. The molecular weight excluding hydrogens is 310 g/mol. The van der Waals surface area contributed by atoms with Gasteiger partial charge in [0.15, 0.2) is 0 Å². The van der Waals surface area contributed by atoms with E-state index < -0.39 is 11.9 Å². The van der Waals surface area contributed by atoms with Crippen molar-refractivity contribution in [3.8, 4) is 0 Å². The number of aliphatic carboxylic acids is 1. The Kier molecular flexibility index (Phi) is 3.94. The molecule has 0 aliphatic carbocycles. The Morgan fingerprint density at radius 3 is 2.63 bits per heavy atom. The number of amides is 1. The van der Waals surface area contributed by atoms with Crippen LogP contribution in [0.1, 0.15) is 22.8 Å². The molecule has 1 aromatic carbocycles. The molecule has 1 fully saturated rings. The molecule has 0 aromatic heterocycles. The van der Waals surface area contributed by atoms with Crippen molar-refractivity contribution in [1.82, 2.24) is 4.90 Å². The fourth-order valence-corrected chi connectivity index (χ4v) is 2.83. The van der Waals surface area contributed by atoms with Gasteiger partial charge in [0.1, 0.15) is 0 Å². The van der Waals surface area contributed by atoms with Gasteiger partial charge in [-0.25, -0.2) is 0 Å². The molecule has 1 aliphatic heterocycles. The van der Waals surface area contributed by atoms with Gasteiger partial charge in [0.2, 0.25) is 0 Å². The first kappa shape index (κ1) is 14.1. The average molecular weight is 326 g/mol. The minimum absolute atomic E-state index is 0.00564. The number of carboxylic acids is 1. The normalized spacial score (nSPS) is 22.6. The molecule has 1 N–H and O–H groups in total. The largest absolute Gasteiger partial charge is 0.481 e. The van der Waals surface area contributed by atoms with Crippen LogP contribution in [0.2, 0.25) is 0 Å². The standard InChI is InChI=1S/C14H16BrNO3/c1-8-6-16(7-11(8)14(18)19)13(17)10-4-3-5-12(15)9(10)2/h3-5,8,11H,6-7H2,1-2H3,(H,18,19). The zero-order valence-electron chi connectivity index (χ0n) is 10.9. The predicted molar refractivity (Wildman–Crippen MR) is 75.1 cm³/mol. The van der Waals surface area contributed by atoms with Gasteiger partial charge in [-0.2, -0.15) is 0 Å². The van der Waals surface area contributed by atoms with Crippen molar-refractivity contribution < 1.29 is 14.7 Å². The Morgan fingerprint density at radius 1 is 1.37 bits per heavy atom. The number of rotatable bonds is 2. The summed E-state index contributed by atoms with van der Waals surface area (Å²) in [5, 5.41) is 9.11. The number of hydrogen-bond donors (Lipinski definition) is 1. The number of carbonyl (C=O) groups excluding carboxylic acids is 1. The van der Waals surface area contributed by atoms with Crippen LogP contribution in [0, 0.1) is 18.8 Å². The topological polar surface area (TPSA) is 57.6 Å². The lowest BCUT2D eigenvalue weighted by Gasteiger charge is -2.17. The summed E-state index contributed by atoms with van der Waals surface area (Å²) < 4.78 is 0.889. The molecule has 2 rings (SSSR count). The molecule has 0 bridgehead atoms. The van der Waals surface area contributed by atoms with Crippen LogP contribution in [0.5, 0.6) is 0 Å². The minimum atomic E-state index is -0.825. The number of halogens is 1. The maximum Gasteiger partial charge on any atom is 0.308 e. The highest BCUT2D eigenvalue weighted by molar-refractivity contribution is 9.10. The van der Waals surface area contributed by atoms with Gasteiger partial charge < -0.3 is 10.0 Å². The molecule has 1 heterocycles. The Balaban J connectivity index is 2.22. The van der Waals surface area contributed by atoms with E-state index in [1.54, 1.807) is 11.0 Å². The highest BCUT2D eigenvalue weighted by Gasteiger charge is 2.37. The molecule has 2 unspecified atom stereocenters. The molecular formula is C14H16BrNO3. The number of likely N-dealkylation sites (tertiary alicyclic amines) is 1. The first-order valence-corrected chi connectivity index (χ1v) is 6.98. The van der Waals surface area contributed by atoms with Crippen molar-refractivity contribution in [3.05, 3.63) is 33.8 Å². The first-order valence-electron chi connectivity index (χ1n) is 6.19. The van der Waals surface area contributed by atoms with E-state index in [-0.39, 0.29) is 11.8 Å². The molecule has 19 heavy (non-hydrogen) atoms. The summed E-state index contributed by atoms with van der Waals surface area (Å²) in [6.45, 7) is 4.55. The molecule has 1 saturated heterocycles. The molecule has 2 atom stereocenters. The summed E-state index contributed by atoms with van der Waals surface area (Å²) in [4.78, 5) is 25.2. The molecule has 0 radical (unpaired) electrons. The summed E-state index contributed by atoms with van der Waals surface area (Å²) >= 11 is 3.41. The third-order valence-corrected chi connectivity index (χ3v) is 4.57. The van der Waals surface area contributed by atoms with Crippen LogP contribution in [-0.4, -0.2) is 35.0 Å². The fraction of sp³-hybridized carbons (Fsp3) is 0.429. The monoisotopic (exact) mass is 325 g/mol. The van der Waals surface area contributed by atoms with Crippen LogP contribution in [0.25, 0.3) is 0 Å². The van der Waals surface area contributed by atoms with E-state index in [9.17, 15) is 9.59 Å². The summed E-state index contributed by atoms with van der Waals surface area (Å²) in [7, 11) is 0. The van der Waals surface area contributed by atoms with Crippen LogP contribution in [0.3, 0.4) is 0 Å². The van der Waals surface area contributed by atoms with Crippen molar-refractivity contribution in [2.24, 2.45) is 11.8 Å². The molecule has 1 aliphatic rings. The maximum atomic E-state index is 12.4. The van der Waals surface area contributed by atoms with Gasteiger partial charge in [-0.05, 0) is 30.5 Å². The van der Waals surface area contributed by atoms with Crippen LogP contribution in [-0.2, 0) is 4.79 Å². The van der Waals surface area contributed by atoms with Crippen LogP contribution >= 0.6 is 15.9 Å². The second-order valence-corrected chi connectivity index (χ2v) is 5.90. The lowest BCUT2D eigenvalue weighted by molar-refractivity contribution is -0.142. The minimum Gasteiger partial charge on any atom is -0.481 e. The quantitative estimate of drug-likeness (QED) is 0.909. The molecule has 1 amide bonds. The van der Waals surface area contributed by atoms with Crippen molar-refractivity contribution in [3.63, 3.8) is 0 Å². The average Bonchev–Trinajstić information content (AvgIpc) is 2.74. The van der Waals surface area contributed by atoms with E-state index in [0.29, 0.717) is 18.7 Å². The van der Waals surface area contributed by atoms with Crippen LogP contribution in [0.15, 0.2) is 22.7 Å². The molecule has 4 nitrogen and oxygen atoms in total. The van der Waals surface area contributed by atoms with Gasteiger partial charge in [-0.1, -0.05) is 28.9 Å². The summed E-state index contributed by atoms with van der Waals surface area (Å²) in [6.07, 6.45) is 0. The molecule has 102 valence electrons. The SMILES string of the molecule is Cc1c(Br)cccc1C(=O)N1CC(C)C(C(=O)O)C1. The van der Waals surface area contributed by atoms with Gasteiger partial charge in [0, 0.05) is 23.1 Å². The van der Waals surface area contributed by atoms with E-state index in [2.05, 4.69) is 15.9 Å². The van der Waals surface area contributed by atoms with Gasteiger partial charge in [-0.3, -0.25) is 9.59 Å². The molecule has 0 saturated carbocycles. The van der Waals surface area contributed by atoms with Crippen LogP contribution in [0.4, 0.5) is 0 Å². The zero-order valence-corrected chi connectivity index (χ0v) is 12.5. The molecule has 1 aromatic rings. The molecule has 5 heteroatoms. The number of hydrogen-bond acceptors (Lipinski definition) is 2. The van der Waals surface area contributed by atoms with E-state index in [0.717, 1.165) is 10.0 Å². The zero-order chi connectivity index (χ0) is 14.2.